The predicted molar refractivity (Wildman–Crippen MR) is 76.3 cm³/mol. The van der Waals surface area contributed by atoms with E-state index < -0.39 is 29.7 Å². The molecule has 9 heteroatoms. The van der Waals surface area contributed by atoms with Gasteiger partial charge in [-0.05, 0) is 43.6 Å². The van der Waals surface area contributed by atoms with Crippen LogP contribution in [0.2, 0.25) is 0 Å². The van der Waals surface area contributed by atoms with E-state index in [4.69, 9.17) is 4.74 Å². The SMILES string of the molecule is CC1c2c(Br)nc(C(F)(F)F)n2CCN1C(=O)OC(C)(C)C. The van der Waals surface area contributed by atoms with Gasteiger partial charge in [0.25, 0.3) is 0 Å². The Bertz CT molecular complexity index is 593. The average molecular weight is 384 g/mol. The summed E-state index contributed by atoms with van der Waals surface area (Å²) in [5.74, 6) is -0.954. The van der Waals surface area contributed by atoms with E-state index in [9.17, 15) is 18.0 Å². The van der Waals surface area contributed by atoms with Gasteiger partial charge in [0.05, 0.1) is 11.7 Å². The van der Waals surface area contributed by atoms with Crippen LogP contribution >= 0.6 is 15.9 Å². The Morgan fingerprint density at radius 2 is 1.91 bits per heavy atom. The van der Waals surface area contributed by atoms with Crippen molar-refractivity contribution in [2.24, 2.45) is 0 Å². The molecule has 1 aromatic rings. The fourth-order valence-electron chi connectivity index (χ4n) is 2.40. The molecule has 0 saturated carbocycles. The maximum atomic E-state index is 13.0. The first-order valence-corrected chi connectivity index (χ1v) is 7.54. The fourth-order valence-corrected chi connectivity index (χ4v) is 3.11. The zero-order valence-electron chi connectivity index (χ0n) is 12.7. The summed E-state index contributed by atoms with van der Waals surface area (Å²) in [5, 5.41) is 0. The fraction of sp³-hybridized carbons (Fsp3) is 0.692. The highest BCUT2D eigenvalue weighted by Gasteiger charge is 2.42. The first-order valence-electron chi connectivity index (χ1n) is 6.74. The topological polar surface area (TPSA) is 47.4 Å². The third-order valence-electron chi connectivity index (χ3n) is 3.27. The van der Waals surface area contributed by atoms with Crippen molar-refractivity contribution < 1.29 is 22.7 Å². The van der Waals surface area contributed by atoms with Gasteiger partial charge >= 0.3 is 12.3 Å². The van der Waals surface area contributed by atoms with E-state index in [-0.39, 0.29) is 17.7 Å². The first-order chi connectivity index (χ1) is 9.92. The van der Waals surface area contributed by atoms with Gasteiger partial charge in [0.2, 0.25) is 5.82 Å². The molecule has 0 N–H and O–H groups in total. The molecule has 1 unspecified atom stereocenters. The Morgan fingerprint density at radius 3 is 2.41 bits per heavy atom. The van der Waals surface area contributed by atoms with Crippen molar-refractivity contribution in [2.45, 2.75) is 52.1 Å². The molecule has 22 heavy (non-hydrogen) atoms. The van der Waals surface area contributed by atoms with Gasteiger partial charge in [-0.2, -0.15) is 13.2 Å². The van der Waals surface area contributed by atoms with E-state index in [2.05, 4.69) is 20.9 Å². The monoisotopic (exact) mass is 383 g/mol. The van der Waals surface area contributed by atoms with Crippen LogP contribution < -0.4 is 0 Å². The Labute approximate surface area is 134 Å². The Hall–Kier alpha value is -1.25. The second kappa shape index (κ2) is 5.43. The molecule has 1 atom stereocenters. The van der Waals surface area contributed by atoms with E-state index in [0.29, 0.717) is 5.69 Å². The summed E-state index contributed by atoms with van der Waals surface area (Å²) in [6.45, 7) is 7.02. The lowest BCUT2D eigenvalue weighted by molar-refractivity contribution is -0.147. The Balaban J connectivity index is 2.33. The smallest absolute Gasteiger partial charge is 0.444 e. The molecule has 0 bridgehead atoms. The number of aromatic nitrogens is 2. The van der Waals surface area contributed by atoms with Crippen molar-refractivity contribution in [2.75, 3.05) is 6.54 Å². The van der Waals surface area contributed by atoms with Crippen LogP contribution in [0, 0.1) is 0 Å². The number of carbonyl (C=O) groups excluding carboxylic acids is 1. The number of carbonyl (C=O) groups is 1. The minimum absolute atomic E-state index is 0.0202. The molecule has 124 valence electrons. The minimum Gasteiger partial charge on any atom is -0.444 e. The predicted octanol–water partition coefficient (Wildman–Crippen LogP) is 3.98. The second-order valence-corrected chi connectivity index (χ2v) is 6.86. The van der Waals surface area contributed by atoms with E-state index in [0.717, 1.165) is 4.57 Å². The summed E-state index contributed by atoms with van der Waals surface area (Å²) in [5.41, 5.74) is -0.340. The number of halogens is 4. The lowest BCUT2D eigenvalue weighted by atomic mass is 10.1. The van der Waals surface area contributed by atoms with Gasteiger partial charge in [0.1, 0.15) is 10.2 Å². The lowest BCUT2D eigenvalue weighted by Gasteiger charge is -2.36. The van der Waals surface area contributed by atoms with Crippen molar-refractivity contribution in [3.8, 4) is 0 Å². The van der Waals surface area contributed by atoms with Crippen molar-refractivity contribution >= 4 is 22.0 Å². The number of rotatable bonds is 0. The van der Waals surface area contributed by atoms with Crippen molar-refractivity contribution in [1.29, 1.82) is 0 Å². The normalized spacial score (nSPS) is 19.1. The zero-order valence-corrected chi connectivity index (χ0v) is 14.2. The quantitative estimate of drug-likeness (QED) is 0.680. The third-order valence-corrected chi connectivity index (χ3v) is 3.85. The van der Waals surface area contributed by atoms with Gasteiger partial charge in [0.15, 0.2) is 0 Å². The zero-order chi connectivity index (χ0) is 16.9. The molecule has 2 heterocycles. The van der Waals surface area contributed by atoms with E-state index >= 15 is 0 Å². The van der Waals surface area contributed by atoms with Gasteiger partial charge in [-0.1, -0.05) is 0 Å². The molecule has 0 aromatic carbocycles. The minimum atomic E-state index is -4.53. The van der Waals surface area contributed by atoms with Gasteiger partial charge < -0.3 is 9.30 Å². The standard InChI is InChI=1S/C13H17BrF3N3O2/c1-7-8-9(14)18-10(13(15,16)17)20(8)6-5-19(7)11(21)22-12(2,3)4/h7H,5-6H2,1-4H3. The Morgan fingerprint density at radius 1 is 1.32 bits per heavy atom. The molecule has 0 aliphatic carbocycles. The van der Waals surface area contributed by atoms with Crippen LogP contribution in [-0.4, -0.2) is 32.7 Å². The number of fused-ring (bicyclic) bond motifs is 1. The number of alkyl halides is 3. The first kappa shape index (κ1) is 17.1. The van der Waals surface area contributed by atoms with Crippen LogP contribution in [0.5, 0.6) is 0 Å². The van der Waals surface area contributed by atoms with Gasteiger partial charge in [-0.15, -0.1) is 0 Å². The number of hydrogen-bond acceptors (Lipinski definition) is 3. The number of ether oxygens (including phenoxy) is 1. The van der Waals surface area contributed by atoms with Crippen LogP contribution in [0.15, 0.2) is 4.60 Å². The summed E-state index contributed by atoms with van der Waals surface area (Å²) in [7, 11) is 0. The molecule has 0 spiro atoms. The van der Waals surface area contributed by atoms with E-state index in [1.54, 1.807) is 27.7 Å². The van der Waals surface area contributed by atoms with Crippen LogP contribution in [-0.2, 0) is 17.5 Å². The molecule has 1 amide bonds. The molecule has 1 aliphatic heterocycles. The molecule has 2 rings (SSSR count). The van der Waals surface area contributed by atoms with Crippen molar-refractivity contribution in [3.05, 3.63) is 16.1 Å². The number of hydrogen-bond donors (Lipinski definition) is 0. The highest BCUT2D eigenvalue weighted by Crippen LogP contribution is 2.38. The molecule has 1 aromatic heterocycles. The molecule has 5 nitrogen and oxygen atoms in total. The molecule has 0 saturated heterocycles. The van der Waals surface area contributed by atoms with Crippen LogP contribution in [0.4, 0.5) is 18.0 Å². The second-order valence-electron chi connectivity index (χ2n) is 6.11. The highest BCUT2D eigenvalue weighted by atomic mass is 79.9. The summed E-state index contributed by atoms with van der Waals surface area (Å²) >= 11 is 3.06. The highest BCUT2D eigenvalue weighted by molar-refractivity contribution is 9.10. The maximum absolute atomic E-state index is 13.0. The molecule has 0 radical (unpaired) electrons. The summed E-state index contributed by atoms with van der Waals surface area (Å²) in [6.07, 6.45) is -5.08. The third kappa shape index (κ3) is 3.23. The van der Waals surface area contributed by atoms with E-state index in [1.807, 2.05) is 0 Å². The average Bonchev–Trinajstić information content (AvgIpc) is 2.65. The lowest BCUT2D eigenvalue weighted by Crippen LogP contribution is -2.44. The largest absolute Gasteiger partial charge is 0.449 e. The molecular weight excluding hydrogens is 367 g/mol. The maximum Gasteiger partial charge on any atom is 0.449 e. The number of nitrogens with zero attached hydrogens (tertiary/aromatic N) is 3. The number of amides is 1. The van der Waals surface area contributed by atoms with Gasteiger partial charge in [-0.25, -0.2) is 9.78 Å². The van der Waals surface area contributed by atoms with Crippen LogP contribution in [0.25, 0.3) is 0 Å². The van der Waals surface area contributed by atoms with Crippen LogP contribution in [0.1, 0.15) is 45.3 Å². The van der Waals surface area contributed by atoms with Gasteiger partial charge in [-0.3, -0.25) is 4.90 Å². The summed E-state index contributed by atoms with van der Waals surface area (Å²) in [6, 6.07) is -0.568. The van der Waals surface area contributed by atoms with Crippen molar-refractivity contribution in [3.63, 3.8) is 0 Å². The molecular formula is C13H17BrF3N3O2. The van der Waals surface area contributed by atoms with Crippen molar-refractivity contribution in [1.82, 2.24) is 14.5 Å². The summed E-state index contributed by atoms with van der Waals surface area (Å²) in [4.78, 5) is 17.2. The molecule has 1 aliphatic rings. The van der Waals surface area contributed by atoms with E-state index in [1.165, 1.54) is 4.90 Å². The van der Waals surface area contributed by atoms with Gasteiger partial charge in [0, 0.05) is 13.1 Å². The van der Waals surface area contributed by atoms with Crippen LogP contribution in [0.3, 0.4) is 0 Å². The Kier molecular flexibility index (Phi) is 4.23. The number of imidazole rings is 1. The summed E-state index contributed by atoms with van der Waals surface area (Å²) < 4.78 is 45.5. The molecule has 0 fully saturated rings.